The average molecular weight is 295 g/mol. The fraction of sp³-hybridized carbons (Fsp3) is 0.111. The Morgan fingerprint density at radius 3 is 2.05 bits per heavy atom. The summed E-state index contributed by atoms with van der Waals surface area (Å²) in [4.78, 5) is 24.0. The Morgan fingerprint density at radius 1 is 0.955 bits per heavy atom. The van der Waals surface area contributed by atoms with Crippen LogP contribution in [-0.4, -0.2) is 18.5 Å². The molecule has 2 aromatic carbocycles. The van der Waals surface area contributed by atoms with E-state index in [1.807, 2.05) is 36.4 Å². The lowest BCUT2D eigenvalue weighted by Gasteiger charge is -2.10. The molecule has 0 saturated heterocycles. The first kappa shape index (κ1) is 15.5. The van der Waals surface area contributed by atoms with E-state index in [0.29, 0.717) is 11.3 Å². The van der Waals surface area contributed by atoms with Crippen LogP contribution in [0, 0.1) is 0 Å². The highest BCUT2D eigenvalue weighted by atomic mass is 16.5. The van der Waals surface area contributed by atoms with E-state index in [-0.39, 0.29) is 12.5 Å². The second-order valence-corrected chi connectivity index (χ2v) is 4.50. The molecule has 2 rings (SSSR count). The number of carbonyl (C=O) groups is 2. The number of amides is 1. The zero-order valence-electron chi connectivity index (χ0n) is 12.3. The predicted molar refractivity (Wildman–Crippen MR) is 85.0 cm³/mol. The van der Waals surface area contributed by atoms with Gasteiger partial charge < -0.3 is 10.1 Å². The molecule has 2 aromatic rings. The maximum absolute atomic E-state index is 12.3. The van der Waals surface area contributed by atoms with Gasteiger partial charge in [-0.15, -0.1) is 0 Å². The zero-order chi connectivity index (χ0) is 15.8. The maximum Gasteiger partial charge on any atom is 0.332 e. The van der Waals surface area contributed by atoms with Crippen molar-refractivity contribution in [3.63, 3.8) is 0 Å². The summed E-state index contributed by atoms with van der Waals surface area (Å²) in [5.74, 6) is -0.769. The van der Waals surface area contributed by atoms with Gasteiger partial charge >= 0.3 is 5.97 Å². The van der Waals surface area contributed by atoms with Gasteiger partial charge in [-0.25, -0.2) is 4.79 Å². The van der Waals surface area contributed by atoms with E-state index < -0.39 is 5.97 Å². The Morgan fingerprint density at radius 2 is 1.50 bits per heavy atom. The fourth-order valence-corrected chi connectivity index (χ4v) is 1.90. The van der Waals surface area contributed by atoms with Crippen molar-refractivity contribution in [1.82, 2.24) is 5.32 Å². The number of rotatable bonds is 5. The van der Waals surface area contributed by atoms with Crippen molar-refractivity contribution in [1.29, 1.82) is 0 Å². The minimum absolute atomic E-state index is 0.278. The predicted octanol–water partition coefficient (Wildman–Crippen LogP) is 3.02. The average Bonchev–Trinajstić information content (AvgIpc) is 2.56. The second kappa shape index (κ2) is 7.78. The quantitative estimate of drug-likeness (QED) is 0.681. The van der Waals surface area contributed by atoms with Crippen molar-refractivity contribution in [2.75, 3.05) is 6.61 Å². The Hall–Kier alpha value is -2.88. The molecule has 0 spiro atoms. The molecule has 22 heavy (non-hydrogen) atoms. The van der Waals surface area contributed by atoms with Gasteiger partial charge in [-0.2, -0.15) is 0 Å². The highest BCUT2D eigenvalue weighted by Crippen LogP contribution is 2.12. The van der Waals surface area contributed by atoms with Gasteiger partial charge in [0.2, 0.25) is 0 Å². The minimum atomic E-state index is -0.491. The van der Waals surface area contributed by atoms with Gasteiger partial charge in [0.1, 0.15) is 0 Å². The summed E-state index contributed by atoms with van der Waals surface area (Å²) in [7, 11) is 0. The van der Waals surface area contributed by atoms with Gasteiger partial charge in [0, 0.05) is 11.6 Å². The Balaban J connectivity index is 2.25. The van der Waals surface area contributed by atoms with Crippen LogP contribution >= 0.6 is 0 Å². The fourth-order valence-electron chi connectivity index (χ4n) is 1.90. The van der Waals surface area contributed by atoms with E-state index in [4.69, 9.17) is 4.74 Å². The molecule has 0 aromatic heterocycles. The summed E-state index contributed by atoms with van der Waals surface area (Å²) in [5.41, 5.74) is 1.67. The van der Waals surface area contributed by atoms with Gasteiger partial charge in [0.05, 0.1) is 12.3 Å². The van der Waals surface area contributed by atoms with Crippen LogP contribution in [0.2, 0.25) is 0 Å². The normalized spacial score (nSPS) is 10.9. The lowest BCUT2D eigenvalue weighted by molar-refractivity contribution is -0.137. The molecular weight excluding hydrogens is 278 g/mol. The van der Waals surface area contributed by atoms with Crippen molar-refractivity contribution in [3.05, 3.63) is 77.9 Å². The summed E-state index contributed by atoms with van der Waals surface area (Å²) in [5, 5.41) is 2.76. The van der Waals surface area contributed by atoms with Crippen molar-refractivity contribution >= 4 is 17.6 Å². The molecule has 0 radical (unpaired) electrons. The summed E-state index contributed by atoms with van der Waals surface area (Å²) in [6.07, 6.45) is 1.29. The standard InChI is InChI=1S/C18H17NO3/c1-2-22-17(20)13-16(14-9-5-3-6-10-14)19-18(21)15-11-7-4-8-12-15/h3-13H,2H2,1H3,(H,19,21). The SMILES string of the molecule is CCOC(=O)C=C(NC(=O)c1ccccc1)c1ccccc1. The lowest BCUT2D eigenvalue weighted by atomic mass is 10.1. The second-order valence-electron chi connectivity index (χ2n) is 4.50. The van der Waals surface area contributed by atoms with Crippen LogP contribution in [0.1, 0.15) is 22.8 Å². The number of hydrogen-bond acceptors (Lipinski definition) is 3. The van der Waals surface area contributed by atoms with E-state index >= 15 is 0 Å². The molecule has 112 valence electrons. The number of benzene rings is 2. The number of carbonyl (C=O) groups excluding carboxylic acids is 2. The lowest BCUT2D eigenvalue weighted by Crippen LogP contribution is -2.22. The number of hydrogen-bond donors (Lipinski definition) is 1. The smallest absolute Gasteiger partial charge is 0.332 e. The minimum Gasteiger partial charge on any atom is -0.463 e. The molecule has 1 N–H and O–H groups in total. The molecule has 0 fully saturated rings. The first-order chi connectivity index (χ1) is 10.7. The van der Waals surface area contributed by atoms with Gasteiger partial charge in [-0.3, -0.25) is 4.79 Å². The van der Waals surface area contributed by atoms with Gasteiger partial charge in [-0.1, -0.05) is 48.5 Å². The molecule has 0 aliphatic rings. The third-order valence-electron chi connectivity index (χ3n) is 2.92. The van der Waals surface area contributed by atoms with Gasteiger partial charge in [0.15, 0.2) is 0 Å². The molecular formula is C18H17NO3. The molecule has 0 heterocycles. The molecule has 0 aliphatic carbocycles. The Kier molecular flexibility index (Phi) is 5.49. The topological polar surface area (TPSA) is 55.4 Å². The van der Waals surface area contributed by atoms with Crippen LogP contribution in [-0.2, 0) is 9.53 Å². The molecule has 4 heteroatoms. The molecule has 4 nitrogen and oxygen atoms in total. The van der Waals surface area contributed by atoms with Crippen LogP contribution < -0.4 is 5.32 Å². The monoisotopic (exact) mass is 295 g/mol. The number of ether oxygens (including phenoxy) is 1. The summed E-state index contributed by atoms with van der Waals surface area (Å²) in [6, 6.07) is 18.0. The van der Waals surface area contributed by atoms with Crippen LogP contribution in [0.25, 0.3) is 5.70 Å². The molecule has 0 bridgehead atoms. The summed E-state index contributed by atoms with van der Waals surface area (Å²) >= 11 is 0. The number of nitrogens with one attached hydrogen (secondary N) is 1. The highest BCUT2D eigenvalue weighted by molar-refractivity contribution is 6.02. The first-order valence-corrected chi connectivity index (χ1v) is 7.01. The molecule has 0 atom stereocenters. The van der Waals surface area contributed by atoms with E-state index in [1.165, 1.54) is 6.08 Å². The largest absolute Gasteiger partial charge is 0.463 e. The van der Waals surface area contributed by atoms with Crippen LogP contribution in [0.3, 0.4) is 0 Å². The highest BCUT2D eigenvalue weighted by Gasteiger charge is 2.11. The van der Waals surface area contributed by atoms with E-state index in [0.717, 1.165) is 5.56 Å². The zero-order valence-corrected chi connectivity index (χ0v) is 12.3. The maximum atomic E-state index is 12.3. The molecule has 1 amide bonds. The van der Waals surface area contributed by atoms with E-state index in [9.17, 15) is 9.59 Å². The van der Waals surface area contributed by atoms with Gasteiger partial charge in [-0.05, 0) is 24.6 Å². The summed E-state index contributed by atoms with van der Waals surface area (Å²) in [6.45, 7) is 2.01. The van der Waals surface area contributed by atoms with Crippen molar-refractivity contribution in [2.24, 2.45) is 0 Å². The van der Waals surface area contributed by atoms with E-state index in [1.54, 1.807) is 31.2 Å². The van der Waals surface area contributed by atoms with Crippen molar-refractivity contribution < 1.29 is 14.3 Å². The Bertz CT molecular complexity index is 663. The number of esters is 1. The van der Waals surface area contributed by atoms with Crippen LogP contribution in [0.5, 0.6) is 0 Å². The van der Waals surface area contributed by atoms with E-state index in [2.05, 4.69) is 5.32 Å². The Labute approximate surface area is 129 Å². The van der Waals surface area contributed by atoms with Crippen LogP contribution in [0.15, 0.2) is 66.7 Å². The third-order valence-corrected chi connectivity index (χ3v) is 2.92. The van der Waals surface area contributed by atoms with Crippen molar-refractivity contribution in [2.45, 2.75) is 6.92 Å². The molecule has 0 saturated carbocycles. The van der Waals surface area contributed by atoms with Crippen molar-refractivity contribution in [3.8, 4) is 0 Å². The summed E-state index contributed by atoms with van der Waals surface area (Å²) < 4.78 is 4.91. The van der Waals surface area contributed by atoms with Gasteiger partial charge in [0.25, 0.3) is 5.91 Å². The molecule has 0 aliphatic heterocycles. The first-order valence-electron chi connectivity index (χ1n) is 7.01. The van der Waals surface area contributed by atoms with Crippen LogP contribution in [0.4, 0.5) is 0 Å². The molecule has 0 unspecified atom stereocenters. The third kappa shape index (κ3) is 4.31.